The number of esters is 1. The fraction of sp³-hybridized carbons (Fsp3) is 0.250. The molecule has 0 atom stereocenters. The van der Waals surface area contributed by atoms with E-state index in [9.17, 15) is 4.79 Å². The summed E-state index contributed by atoms with van der Waals surface area (Å²) in [6.07, 6.45) is 1.14. The van der Waals surface area contributed by atoms with E-state index in [0.717, 1.165) is 6.08 Å². The third kappa shape index (κ3) is 6.99. The van der Waals surface area contributed by atoms with Crippen LogP contribution in [0.2, 0.25) is 0 Å². The summed E-state index contributed by atoms with van der Waals surface area (Å²) >= 11 is -3.45. The van der Waals surface area contributed by atoms with E-state index in [4.69, 9.17) is 26.8 Å². The van der Waals surface area contributed by atoms with Crippen molar-refractivity contribution >= 4 is 47.7 Å². The second-order valence-corrected chi connectivity index (χ2v) is 21.3. The number of carbonyl (C=O) groups excluding carboxylic acids is 1. The Kier molecular flexibility index (Phi) is 5.11. The predicted molar refractivity (Wildman–Crippen MR) is 44.5 cm³/mol. The molecule has 0 spiro atoms. The molecular weight excluding hydrogens is 305 g/mol. The summed E-state index contributed by atoms with van der Waals surface area (Å²) in [5.74, 6) is -0.497. The number of hydrogen-bond donors (Lipinski definition) is 0. The molecule has 0 bridgehead atoms. The van der Waals surface area contributed by atoms with Crippen molar-refractivity contribution in [3.63, 3.8) is 0 Å². The van der Waals surface area contributed by atoms with Crippen LogP contribution in [0.4, 0.5) is 0 Å². The number of carbonyl (C=O) groups is 1. The molecule has 0 aliphatic rings. The van der Waals surface area contributed by atoms with Crippen LogP contribution >= 0.6 is 26.8 Å². The molecule has 0 unspecified atom stereocenters. The van der Waals surface area contributed by atoms with Gasteiger partial charge in [-0.05, 0) is 0 Å². The van der Waals surface area contributed by atoms with Crippen LogP contribution in [0, 0.1) is 0 Å². The third-order valence-corrected chi connectivity index (χ3v) is 4.70. The molecule has 0 aromatic carbocycles. The van der Waals surface area contributed by atoms with E-state index in [1.165, 1.54) is 11.2 Å². The topological polar surface area (TPSA) is 26.3 Å². The fourth-order valence-electron chi connectivity index (χ4n) is 0.231. The molecule has 10 heavy (non-hydrogen) atoms. The Labute approximate surface area is 74.1 Å². The first-order valence-corrected chi connectivity index (χ1v) is 14.8. The SMILES string of the molecule is COC(=O)C=[CH][Sn]([Cl])([Cl])[Cl]. The van der Waals surface area contributed by atoms with Crippen LogP contribution in [0.15, 0.2) is 10.2 Å². The van der Waals surface area contributed by atoms with Gasteiger partial charge in [-0.15, -0.1) is 0 Å². The van der Waals surface area contributed by atoms with Crippen LogP contribution in [0.3, 0.4) is 0 Å². The zero-order valence-corrected chi connectivity index (χ0v) is 10.2. The van der Waals surface area contributed by atoms with Crippen LogP contribution in [0.25, 0.3) is 0 Å². The summed E-state index contributed by atoms with van der Waals surface area (Å²) in [7, 11) is 17.7. The summed E-state index contributed by atoms with van der Waals surface area (Å²) in [6.45, 7) is 0. The van der Waals surface area contributed by atoms with Crippen LogP contribution in [-0.4, -0.2) is 28.1 Å². The molecule has 0 aromatic rings. The van der Waals surface area contributed by atoms with Crippen molar-refractivity contribution in [3.05, 3.63) is 10.2 Å². The van der Waals surface area contributed by atoms with Gasteiger partial charge in [0.25, 0.3) is 0 Å². The van der Waals surface area contributed by atoms with Gasteiger partial charge >= 0.3 is 74.5 Å². The van der Waals surface area contributed by atoms with Crippen molar-refractivity contribution in [1.82, 2.24) is 0 Å². The third-order valence-electron chi connectivity index (χ3n) is 0.610. The van der Waals surface area contributed by atoms with Crippen molar-refractivity contribution in [2.45, 2.75) is 0 Å². The second-order valence-electron chi connectivity index (χ2n) is 1.40. The number of methoxy groups -OCH3 is 1. The van der Waals surface area contributed by atoms with Crippen molar-refractivity contribution in [3.8, 4) is 0 Å². The summed E-state index contributed by atoms with van der Waals surface area (Å²) in [6, 6.07) is 0. The standard InChI is InChI=1S/C4H5O2.3ClH.Sn/c1-3-4(5)6-2;;;;/h1,3H,2H3;3*1H;/q;;;;+3/p-3. The van der Waals surface area contributed by atoms with Crippen LogP contribution < -0.4 is 0 Å². The summed E-state index contributed by atoms with van der Waals surface area (Å²) in [5.41, 5.74) is 0. The van der Waals surface area contributed by atoms with Crippen molar-refractivity contribution in [1.29, 1.82) is 0 Å². The molecule has 0 aliphatic heterocycles. The average molecular weight is 310 g/mol. The quantitative estimate of drug-likeness (QED) is 0.442. The van der Waals surface area contributed by atoms with Crippen LogP contribution in [0.1, 0.15) is 0 Å². The molecule has 0 amide bonds. The monoisotopic (exact) mass is 310 g/mol. The fourth-order valence-corrected chi connectivity index (χ4v) is 2.43. The first-order chi connectivity index (χ1) is 4.45. The molecule has 0 fully saturated rings. The first kappa shape index (κ1) is 10.9. The van der Waals surface area contributed by atoms with Crippen molar-refractivity contribution in [2.24, 2.45) is 0 Å². The Balaban J connectivity index is 3.88. The molecule has 2 nitrogen and oxygen atoms in total. The Morgan fingerprint density at radius 1 is 1.50 bits per heavy atom. The molecule has 58 valence electrons. The first-order valence-electron chi connectivity index (χ1n) is 2.29. The summed E-state index contributed by atoms with van der Waals surface area (Å²) in [5, 5.41) is 0. The van der Waals surface area contributed by atoms with Gasteiger partial charge in [0, 0.05) is 0 Å². The van der Waals surface area contributed by atoms with E-state index in [2.05, 4.69) is 4.74 Å². The predicted octanol–water partition coefficient (Wildman–Crippen LogP) is 1.91. The molecule has 0 saturated heterocycles. The number of hydrogen-bond acceptors (Lipinski definition) is 2. The molecule has 0 heterocycles. The van der Waals surface area contributed by atoms with E-state index in [-0.39, 0.29) is 0 Å². The van der Waals surface area contributed by atoms with Gasteiger partial charge in [0.05, 0.1) is 0 Å². The van der Waals surface area contributed by atoms with Gasteiger partial charge in [-0.3, -0.25) is 0 Å². The zero-order valence-electron chi connectivity index (χ0n) is 5.11. The van der Waals surface area contributed by atoms with E-state index in [1.54, 1.807) is 0 Å². The van der Waals surface area contributed by atoms with Crippen LogP contribution in [0.5, 0.6) is 0 Å². The Morgan fingerprint density at radius 2 is 2.00 bits per heavy atom. The van der Waals surface area contributed by atoms with Gasteiger partial charge in [0.2, 0.25) is 0 Å². The molecule has 0 rings (SSSR count). The molecule has 0 aliphatic carbocycles. The van der Waals surface area contributed by atoms with Gasteiger partial charge in [-0.25, -0.2) is 0 Å². The molecule has 0 N–H and O–H groups in total. The maximum absolute atomic E-state index is 10.4. The second kappa shape index (κ2) is 4.70. The van der Waals surface area contributed by atoms with E-state index in [0.29, 0.717) is 0 Å². The van der Waals surface area contributed by atoms with Gasteiger partial charge in [-0.2, -0.15) is 0 Å². The van der Waals surface area contributed by atoms with Gasteiger partial charge in [-0.1, -0.05) is 0 Å². The average Bonchev–Trinajstić information content (AvgIpc) is 1.81. The maximum atomic E-state index is 10.4. The van der Waals surface area contributed by atoms with Gasteiger partial charge < -0.3 is 0 Å². The van der Waals surface area contributed by atoms with E-state index >= 15 is 0 Å². The van der Waals surface area contributed by atoms with Crippen molar-refractivity contribution in [2.75, 3.05) is 7.11 Å². The molecule has 0 radical (unpaired) electrons. The van der Waals surface area contributed by atoms with Gasteiger partial charge in [0.15, 0.2) is 0 Å². The summed E-state index contributed by atoms with van der Waals surface area (Å²) in [4.78, 5) is 10.4. The Hall–Kier alpha value is 0.879. The molecule has 6 heteroatoms. The Bertz CT molecular complexity index is 151. The minimum atomic E-state index is -3.45. The molecule has 0 aromatic heterocycles. The minimum absolute atomic E-state index is 0.497. The van der Waals surface area contributed by atoms with E-state index < -0.39 is 21.0 Å². The Morgan fingerprint density at radius 3 is 2.30 bits per heavy atom. The summed E-state index contributed by atoms with van der Waals surface area (Å²) < 4.78 is 5.60. The van der Waals surface area contributed by atoms with Gasteiger partial charge in [0.1, 0.15) is 0 Å². The number of ether oxygens (including phenoxy) is 1. The van der Waals surface area contributed by atoms with E-state index in [1.807, 2.05) is 0 Å². The zero-order chi connectivity index (χ0) is 8.20. The van der Waals surface area contributed by atoms with Crippen molar-refractivity contribution < 1.29 is 9.53 Å². The number of halogens is 3. The molecule has 0 saturated carbocycles. The number of rotatable bonds is 2. The van der Waals surface area contributed by atoms with Crippen LogP contribution in [-0.2, 0) is 9.53 Å². The normalized spacial score (nSPS) is 12.0. The molecular formula is C4H5Cl3O2Sn.